The molecule has 1 heterocycles. The van der Waals surface area contributed by atoms with Crippen molar-refractivity contribution in [3.8, 4) is 5.75 Å². The highest BCUT2D eigenvalue weighted by Gasteiger charge is 2.21. The number of nitrogens with zero attached hydrogens (tertiary/aromatic N) is 2. The van der Waals surface area contributed by atoms with Crippen LogP contribution in [0.4, 0.5) is 14.9 Å². The van der Waals surface area contributed by atoms with Crippen LogP contribution in [-0.4, -0.2) is 55.7 Å². The van der Waals surface area contributed by atoms with Crippen LogP contribution >= 0.6 is 11.6 Å². The van der Waals surface area contributed by atoms with Gasteiger partial charge in [0, 0.05) is 38.4 Å². The van der Waals surface area contributed by atoms with Gasteiger partial charge < -0.3 is 15.0 Å². The van der Waals surface area contributed by atoms with E-state index in [2.05, 4.69) is 22.3 Å². The lowest BCUT2D eigenvalue weighted by molar-refractivity contribution is 0.148. The maximum atomic E-state index is 13.2. The number of carbonyl (C=O) groups is 1. The van der Waals surface area contributed by atoms with Crippen molar-refractivity contribution in [1.29, 1.82) is 0 Å². The monoisotopic (exact) mass is 391 g/mol. The molecule has 27 heavy (non-hydrogen) atoms. The first-order valence-corrected chi connectivity index (χ1v) is 9.29. The van der Waals surface area contributed by atoms with E-state index in [4.69, 9.17) is 16.3 Å². The highest BCUT2D eigenvalue weighted by molar-refractivity contribution is 6.31. The van der Waals surface area contributed by atoms with Gasteiger partial charge in [0.05, 0.1) is 12.1 Å². The second kappa shape index (κ2) is 9.06. The van der Waals surface area contributed by atoms with E-state index in [1.807, 2.05) is 12.1 Å². The Kier molecular flexibility index (Phi) is 6.53. The standard InChI is InChI=1S/C20H23ClFN3O2/c1-27-17-4-2-3-15(13-17)7-8-24-9-11-25(12-10-24)20(26)23-16-5-6-19(22)18(21)14-16/h2-6,13-14H,7-12H2,1H3,(H,23,26). The molecule has 0 spiro atoms. The fourth-order valence-electron chi connectivity index (χ4n) is 3.07. The number of nitrogens with one attached hydrogen (secondary N) is 1. The number of benzene rings is 2. The zero-order valence-electron chi connectivity index (χ0n) is 15.3. The minimum atomic E-state index is -0.501. The number of hydrogen-bond donors (Lipinski definition) is 1. The number of methoxy groups -OCH3 is 1. The summed E-state index contributed by atoms with van der Waals surface area (Å²) in [5.74, 6) is 0.370. The van der Waals surface area contributed by atoms with Crippen LogP contribution < -0.4 is 10.1 Å². The molecule has 0 radical (unpaired) electrons. The smallest absolute Gasteiger partial charge is 0.321 e. The van der Waals surface area contributed by atoms with Crippen LogP contribution in [0.5, 0.6) is 5.75 Å². The van der Waals surface area contributed by atoms with E-state index in [0.29, 0.717) is 18.8 Å². The number of carbonyl (C=O) groups excluding carboxylic acids is 1. The molecule has 1 N–H and O–H groups in total. The largest absolute Gasteiger partial charge is 0.497 e. The molecule has 0 aliphatic carbocycles. The van der Waals surface area contributed by atoms with Gasteiger partial charge in [-0.05, 0) is 42.3 Å². The number of urea groups is 1. The van der Waals surface area contributed by atoms with Crippen LogP contribution in [0, 0.1) is 5.82 Å². The molecule has 1 fully saturated rings. The fraction of sp³-hybridized carbons (Fsp3) is 0.350. The lowest BCUT2D eigenvalue weighted by Crippen LogP contribution is -2.50. The average Bonchev–Trinajstić information content (AvgIpc) is 2.69. The van der Waals surface area contributed by atoms with Crippen LogP contribution in [0.1, 0.15) is 5.56 Å². The van der Waals surface area contributed by atoms with Crippen LogP contribution in [0.25, 0.3) is 0 Å². The van der Waals surface area contributed by atoms with Crippen molar-refractivity contribution in [2.45, 2.75) is 6.42 Å². The Hall–Kier alpha value is -2.31. The van der Waals surface area contributed by atoms with E-state index < -0.39 is 5.82 Å². The van der Waals surface area contributed by atoms with E-state index in [9.17, 15) is 9.18 Å². The van der Waals surface area contributed by atoms with Crippen LogP contribution in [0.15, 0.2) is 42.5 Å². The van der Waals surface area contributed by atoms with Gasteiger partial charge in [0.15, 0.2) is 0 Å². The molecule has 0 unspecified atom stereocenters. The summed E-state index contributed by atoms with van der Waals surface area (Å²) in [7, 11) is 1.67. The van der Waals surface area contributed by atoms with Crippen molar-refractivity contribution in [3.05, 3.63) is 58.9 Å². The molecule has 2 amide bonds. The summed E-state index contributed by atoms with van der Waals surface area (Å²) < 4.78 is 18.5. The Morgan fingerprint density at radius 1 is 1.19 bits per heavy atom. The van der Waals surface area contributed by atoms with Gasteiger partial charge in [-0.15, -0.1) is 0 Å². The number of hydrogen-bond acceptors (Lipinski definition) is 3. The minimum Gasteiger partial charge on any atom is -0.497 e. The number of amides is 2. The summed E-state index contributed by atoms with van der Waals surface area (Å²) in [6, 6.07) is 12.1. The molecule has 0 bridgehead atoms. The Labute approximate surface area is 163 Å². The highest BCUT2D eigenvalue weighted by Crippen LogP contribution is 2.20. The Morgan fingerprint density at radius 2 is 1.96 bits per heavy atom. The van der Waals surface area contributed by atoms with Gasteiger partial charge in [-0.2, -0.15) is 0 Å². The molecule has 1 saturated heterocycles. The predicted octanol–water partition coefficient (Wildman–Crippen LogP) is 3.88. The fourth-order valence-corrected chi connectivity index (χ4v) is 3.25. The van der Waals surface area contributed by atoms with Gasteiger partial charge in [-0.1, -0.05) is 23.7 Å². The maximum absolute atomic E-state index is 13.2. The zero-order valence-corrected chi connectivity index (χ0v) is 16.0. The summed E-state index contributed by atoms with van der Waals surface area (Å²) in [6.07, 6.45) is 0.942. The lowest BCUT2D eigenvalue weighted by atomic mass is 10.1. The van der Waals surface area contributed by atoms with Crippen LogP contribution in [0.2, 0.25) is 5.02 Å². The number of halogens is 2. The van der Waals surface area contributed by atoms with Crippen molar-refractivity contribution in [2.75, 3.05) is 45.2 Å². The number of ether oxygens (including phenoxy) is 1. The number of anilines is 1. The van der Waals surface area contributed by atoms with E-state index in [0.717, 1.165) is 31.8 Å². The van der Waals surface area contributed by atoms with Crippen molar-refractivity contribution in [3.63, 3.8) is 0 Å². The normalized spacial score (nSPS) is 14.9. The molecular formula is C20H23ClFN3O2. The van der Waals surface area contributed by atoms with E-state index in [1.165, 1.54) is 23.8 Å². The molecule has 1 aliphatic heterocycles. The predicted molar refractivity (Wildman–Crippen MR) is 105 cm³/mol. The molecule has 2 aromatic rings. The summed E-state index contributed by atoms with van der Waals surface area (Å²) in [5, 5.41) is 2.76. The first kappa shape index (κ1) is 19.5. The average molecular weight is 392 g/mol. The molecule has 144 valence electrons. The molecule has 5 nitrogen and oxygen atoms in total. The van der Waals surface area contributed by atoms with E-state index in [1.54, 1.807) is 12.0 Å². The van der Waals surface area contributed by atoms with Crippen molar-refractivity contribution in [2.24, 2.45) is 0 Å². The molecule has 2 aromatic carbocycles. The molecular weight excluding hydrogens is 369 g/mol. The second-order valence-corrected chi connectivity index (χ2v) is 6.90. The van der Waals surface area contributed by atoms with Gasteiger partial charge >= 0.3 is 6.03 Å². The Balaban J connectivity index is 1.45. The summed E-state index contributed by atoms with van der Waals surface area (Å²) in [4.78, 5) is 16.5. The van der Waals surface area contributed by atoms with Gasteiger partial charge in [0.1, 0.15) is 11.6 Å². The first-order valence-electron chi connectivity index (χ1n) is 8.91. The summed E-state index contributed by atoms with van der Waals surface area (Å²) in [5.41, 5.74) is 1.73. The third kappa shape index (κ3) is 5.34. The molecule has 0 aromatic heterocycles. The highest BCUT2D eigenvalue weighted by atomic mass is 35.5. The SMILES string of the molecule is COc1cccc(CCN2CCN(C(=O)Nc3ccc(F)c(Cl)c3)CC2)c1. The molecule has 0 saturated carbocycles. The number of piperazine rings is 1. The van der Waals surface area contributed by atoms with E-state index in [-0.39, 0.29) is 11.1 Å². The maximum Gasteiger partial charge on any atom is 0.321 e. The zero-order chi connectivity index (χ0) is 19.2. The molecule has 3 rings (SSSR count). The van der Waals surface area contributed by atoms with Crippen molar-refractivity contribution >= 4 is 23.3 Å². The second-order valence-electron chi connectivity index (χ2n) is 6.49. The first-order chi connectivity index (χ1) is 13.0. The summed E-state index contributed by atoms with van der Waals surface area (Å²) in [6.45, 7) is 3.89. The van der Waals surface area contributed by atoms with Crippen molar-refractivity contribution < 1.29 is 13.9 Å². The molecule has 1 aliphatic rings. The van der Waals surface area contributed by atoms with Crippen LogP contribution in [-0.2, 0) is 6.42 Å². The van der Waals surface area contributed by atoms with Gasteiger partial charge in [0.25, 0.3) is 0 Å². The quantitative estimate of drug-likeness (QED) is 0.841. The van der Waals surface area contributed by atoms with Gasteiger partial charge in [-0.25, -0.2) is 9.18 Å². The van der Waals surface area contributed by atoms with Crippen LogP contribution in [0.3, 0.4) is 0 Å². The molecule has 0 atom stereocenters. The van der Waals surface area contributed by atoms with Crippen molar-refractivity contribution in [1.82, 2.24) is 9.80 Å². The van der Waals surface area contributed by atoms with E-state index >= 15 is 0 Å². The van der Waals surface area contributed by atoms with Gasteiger partial charge in [0.2, 0.25) is 0 Å². The summed E-state index contributed by atoms with van der Waals surface area (Å²) >= 11 is 5.75. The molecule has 7 heteroatoms. The minimum absolute atomic E-state index is 0.00448. The van der Waals surface area contributed by atoms with Gasteiger partial charge in [-0.3, -0.25) is 4.90 Å². The third-order valence-corrected chi connectivity index (χ3v) is 4.97. The Morgan fingerprint density at radius 3 is 2.67 bits per heavy atom. The number of rotatable bonds is 5. The lowest BCUT2D eigenvalue weighted by Gasteiger charge is -2.34. The third-order valence-electron chi connectivity index (χ3n) is 4.68. The Bertz CT molecular complexity index is 795. The topological polar surface area (TPSA) is 44.8 Å².